The molecule has 0 amide bonds. The number of ether oxygens (including phenoxy) is 1. The Morgan fingerprint density at radius 3 is 2.58 bits per heavy atom. The van der Waals surface area contributed by atoms with Gasteiger partial charge in [0.1, 0.15) is 11.3 Å². The molecule has 5 nitrogen and oxygen atoms in total. The van der Waals surface area contributed by atoms with Crippen LogP contribution in [0.5, 0.6) is 0 Å². The number of hydrogen-bond donors (Lipinski definition) is 1. The molecule has 0 aliphatic carbocycles. The Labute approximate surface area is 136 Å². The molecule has 0 aliphatic heterocycles. The Hall–Kier alpha value is -2.61. The fourth-order valence-corrected chi connectivity index (χ4v) is 2.29. The Morgan fingerprint density at radius 2 is 1.92 bits per heavy atom. The highest BCUT2D eigenvalue weighted by atomic mass is 19.4. The van der Waals surface area contributed by atoms with Crippen LogP contribution in [-0.2, 0) is 17.5 Å². The number of hydrogen-bond acceptors (Lipinski definition) is 4. The second-order valence-corrected chi connectivity index (χ2v) is 5.19. The normalized spacial score (nSPS) is 11.8. The van der Waals surface area contributed by atoms with Gasteiger partial charge in [-0.3, -0.25) is 0 Å². The van der Waals surface area contributed by atoms with Gasteiger partial charge in [0.25, 0.3) is 0 Å². The van der Waals surface area contributed by atoms with Gasteiger partial charge in [0, 0.05) is 25.4 Å². The van der Waals surface area contributed by atoms with Crippen molar-refractivity contribution in [2.24, 2.45) is 0 Å². The van der Waals surface area contributed by atoms with E-state index in [0.29, 0.717) is 24.7 Å². The number of anilines is 2. The van der Waals surface area contributed by atoms with Gasteiger partial charge in [-0.05, 0) is 24.3 Å². The molecule has 1 aromatic carbocycles. The third kappa shape index (κ3) is 3.48. The zero-order valence-corrected chi connectivity index (χ0v) is 12.8. The van der Waals surface area contributed by atoms with E-state index < -0.39 is 11.7 Å². The predicted molar refractivity (Wildman–Crippen MR) is 84.1 cm³/mol. The number of nitrogens with one attached hydrogen (secondary N) is 1. The van der Waals surface area contributed by atoms with Gasteiger partial charge in [0.2, 0.25) is 0 Å². The molecule has 3 rings (SSSR count). The van der Waals surface area contributed by atoms with Gasteiger partial charge >= 0.3 is 6.18 Å². The van der Waals surface area contributed by atoms with E-state index in [1.165, 1.54) is 12.1 Å². The molecular formula is C16H15F3N4O. The van der Waals surface area contributed by atoms with E-state index in [1.807, 2.05) is 4.57 Å². The lowest BCUT2D eigenvalue weighted by molar-refractivity contribution is -0.137. The number of alkyl halides is 3. The first-order valence-corrected chi connectivity index (χ1v) is 7.21. The van der Waals surface area contributed by atoms with Crippen LogP contribution in [0.2, 0.25) is 0 Å². The molecule has 0 bridgehead atoms. The molecular weight excluding hydrogens is 321 g/mol. The number of imidazole rings is 1. The van der Waals surface area contributed by atoms with Crippen molar-refractivity contribution in [2.45, 2.75) is 12.7 Å². The van der Waals surface area contributed by atoms with Crippen LogP contribution in [0.3, 0.4) is 0 Å². The van der Waals surface area contributed by atoms with Crippen molar-refractivity contribution in [3.63, 3.8) is 0 Å². The number of aromatic nitrogens is 3. The number of halogens is 3. The van der Waals surface area contributed by atoms with Crippen LogP contribution >= 0.6 is 0 Å². The molecule has 126 valence electrons. The van der Waals surface area contributed by atoms with Gasteiger partial charge in [-0.15, -0.1) is 0 Å². The summed E-state index contributed by atoms with van der Waals surface area (Å²) < 4.78 is 44.7. The summed E-state index contributed by atoms with van der Waals surface area (Å²) in [6, 6.07) is 6.61. The molecule has 2 aromatic heterocycles. The Morgan fingerprint density at radius 1 is 1.17 bits per heavy atom. The van der Waals surface area contributed by atoms with E-state index in [4.69, 9.17) is 4.74 Å². The van der Waals surface area contributed by atoms with E-state index in [-0.39, 0.29) is 0 Å². The number of methoxy groups -OCH3 is 1. The average Bonchev–Trinajstić information content (AvgIpc) is 2.95. The van der Waals surface area contributed by atoms with Crippen molar-refractivity contribution < 1.29 is 17.9 Å². The molecule has 0 unspecified atom stereocenters. The molecule has 0 fully saturated rings. The van der Waals surface area contributed by atoms with Crippen molar-refractivity contribution in [1.82, 2.24) is 14.5 Å². The fraction of sp³-hybridized carbons (Fsp3) is 0.250. The summed E-state index contributed by atoms with van der Waals surface area (Å²) in [6.45, 7) is 1.20. The summed E-state index contributed by atoms with van der Waals surface area (Å²) >= 11 is 0. The first kappa shape index (κ1) is 16.3. The SMILES string of the molecule is COCCn1cnc2cnc(Nc3ccc(C(F)(F)F)cc3)cc21. The lowest BCUT2D eigenvalue weighted by atomic mass is 10.2. The minimum atomic E-state index is -4.34. The topological polar surface area (TPSA) is 52.0 Å². The maximum absolute atomic E-state index is 12.6. The second-order valence-electron chi connectivity index (χ2n) is 5.19. The third-order valence-electron chi connectivity index (χ3n) is 3.53. The lowest BCUT2D eigenvalue weighted by Crippen LogP contribution is -2.04. The van der Waals surface area contributed by atoms with Crippen molar-refractivity contribution in [2.75, 3.05) is 19.0 Å². The first-order valence-electron chi connectivity index (χ1n) is 7.21. The standard InChI is InChI=1S/C16H15F3N4O/c1-24-7-6-23-10-21-13-9-20-15(8-14(13)23)22-12-4-2-11(3-5-12)16(17,18)19/h2-5,8-10H,6-7H2,1H3,(H,20,22). The van der Waals surface area contributed by atoms with Crippen LogP contribution in [0.25, 0.3) is 11.0 Å². The smallest absolute Gasteiger partial charge is 0.383 e. The monoisotopic (exact) mass is 336 g/mol. The number of rotatable bonds is 5. The van der Waals surface area contributed by atoms with Crippen molar-refractivity contribution in [1.29, 1.82) is 0 Å². The molecule has 2 heterocycles. The van der Waals surface area contributed by atoms with Gasteiger partial charge in [0.15, 0.2) is 0 Å². The summed E-state index contributed by atoms with van der Waals surface area (Å²) in [6.07, 6.45) is -1.03. The quantitative estimate of drug-likeness (QED) is 0.769. The molecule has 0 atom stereocenters. The Bertz CT molecular complexity index is 827. The molecule has 24 heavy (non-hydrogen) atoms. The van der Waals surface area contributed by atoms with Crippen molar-refractivity contribution in [3.8, 4) is 0 Å². The van der Waals surface area contributed by atoms with Crippen LogP contribution in [0.4, 0.5) is 24.7 Å². The molecule has 0 radical (unpaired) electrons. The van der Waals surface area contributed by atoms with Gasteiger partial charge in [-0.25, -0.2) is 9.97 Å². The van der Waals surface area contributed by atoms with E-state index >= 15 is 0 Å². The molecule has 8 heteroatoms. The molecule has 0 saturated heterocycles. The summed E-state index contributed by atoms with van der Waals surface area (Å²) in [5.74, 6) is 0.529. The van der Waals surface area contributed by atoms with Gasteiger partial charge < -0.3 is 14.6 Å². The summed E-state index contributed by atoms with van der Waals surface area (Å²) in [4.78, 5) is 8.48. The third-order valence-corrected chi connectivity index (χ3v) is 3.53. The Balaban J connectivity index is 1.82. The minimum Gasteiger partial charge on any atom is -0.383 e. The maximum atomic E-state index is 12.6. The van der Waals surface area contributed by atoms with E-state index in [0.717, 1.165) is 23.2 Å². The minimum absolute atomic E-state index is 0.526. The molecule has 0 saturated carbocycles. The maximum Gasteiger partial charge on any atom is 0.416 e. The molecule has 1 N–H and O–H groups in total. The van der Waals surface area contributed by atoms with E-state index in [9.17, 15) is 13.2 Å². The molecule has 3 aromatic rings. The van der Waals surface area contributed by atoms with Gasteiger partial charge in [0.05, 0.1) is 30.2 Å². The summed E-state index contributed by atoms with van der Waals surface area (Å²) in [5, 5.41) is 3.00. The number of nitrogens with zero attached hydrogens (tertiary/aromatic N) is 3. The largest absolute Gasteiger partial charge is 0.416 e. The van der Waals surface area contributed by atoms with Crippen LogP contribution in [-0.4, -0.2) is 28.3 Å². The van der Waals surface area contributed by atoms with Gasteiger partial charge in [-0.1, -0.05) is 0 Å². The van der Waals surface area contributed by atoms with Crippen molar-refractivity contribution >= 4 is 22.5 Å². The fourth-order valence-electron chi connectivity index (χ4n) is 2.29. The number of benzene rings is 1. The highest BCUT2D eigenvalue weighted by molar-refractivity contribution is 5.78. The first-order chi connectivity index (χ1) is 11.5. The lowest BCUT2D eigenvalue weighted by Gasteiger charge is -2.09. The van der Waals surface area contributed by atoms with Crippen LogP contribution in [0.1, 0.15) is 5.56 Å². The zero-order chi connectivity index (χ0) is 17.2. The molecule has 0 spiro atoms. The van der Waals surface area contributed by atoms with E-state index in [2.05, 4.69) is 15.3 Å². The Kier molecular flexibility index (Phi) is 4.39. The number of fused-ring (bicyclic) bond motifs is 1. The number of pyridine rings is 1. The molecule has 0 aliphatic rings. The summed E-state index contributed by atoms with van der Waals surface area (Å²) in [5.41, 5.74) is 1.45. The highest BCUT2D eigenvalue weighted by Gasteiger charge is 2.29. The van der Waals surface area contributed by atoms with Crippen LogP contribution in [0.15, 0.2) is 42.9 Å². The van der Waals surface area contributed by atoms with Crippen molar-refractivity contribution in [3.05, 3.63) is 48.4 Å². The highest BCUT2D eigenvalue weighted by Crippen LogP contribution is 2.30. The average molecular weight is 336 g/mol. The zero-order valence-electron chi connectivity index (χ0n) is 12.8. The van der Waals surface area contributed by atoms with Crippen LogP contribution < -0.4 is 5.32 Å². The van der Waals surface area contributed by atoms with E-state index in [1.54, 1.807) is 25.7 Å². The van der Waals surface area contributed by atoms with Crippen LogP contribution in [0, 0.1) is 0 Å². The predicted octanol–water partition coefficient (Wildman–Crippen LogP) is 3.84. The summed E-state index contributed by atoms with van der Waals surface area (Å²) in [7, 11) is 1.62. The second kappa shape index (κ2) is 6.48. The van der Waals surface area contributed by atoms with Gasteiger partial charge in [-0.2, -0.15) is 13.2 Å².